The minimum Gasteiger partial charge on any atom is -0.495 e. The lowest BCUT2D eigenvalue weighted by molar-refractivity contribution is -0.118. The number of hydrogen-bond acceptors (Lipinski definition) is 4. The molecule has 3 rings (SSSR count). The summed E-state index contributed by atoms with van der Waals surface area (Å²) < 4.78 is 7.13. The predicted molar refractivity (Wildman–Crippen MR) is 108 cm³/mol. The van der Waals surface area contributed by atoms with E-state index in [0.29, 0.717) is 23.0 Å². The number of benzene rings is 2. The van der Waals surface area contributed by atoms with Crippen molar-refractivity contribution in [1.29, 1.82) is 0 Å². The quantitative estimate of drug-likeness (QED) is 0.696. The van der Waals surface area contributed by atoms with Crippen molar-refractivity contribution in [3.8, 4) is 5.75 Å². The minimum atomic E-state index is -0.437. The summed E-state index contributed by atoms with van der Waals surface area (Å²) in [6, 6.07) is 12.6. The second-order valence-electron chi connectivity index (χ2n) is 6.64. The fourth-order valence-electron chi connectivity index (χ4n) is 3.03. The number of halogens is 1. The van der Waals surface area contributed by atoms with Gasteiger partial charge in [0.1, 0.15) is 17.6 Å². The van der Waals surface area contributed by atoms with Gasteiger partial charge in [-0.1, -0.05) is 23.7 Å². The van der Waals surface area contributed by atoms with Crippen molar-refractivity contribution in [1.82, 2.24) is 14.5 Å². The van der Waals surface area contributed by atoms with Crippen LogP contribution in [0.4, 0.5) is 5.69 Å². The van der Waals surface area contributed by atoms with Gasteiger partial charge < -0.3 is 19.5 Å². The molecule has 0 aliphatic heterocycles. The van der Waals surface area contributed by atoms with Crippen LogP contribution in [0, 0.1) is 0 Å². The molecule has 27 heavy (non-hydrogen) atoms. The van der Waals surface area contributed by atoms with Gasteiger partial charge in [-0.3, -0.25) is 4.79 Å². The fraction of sp³-hybridized carbons (Fsp3) is 0.300. The normalized spacial score (nSPS) is 12.4. The lowest BCUT2D eigenvalue weighted by Gasteiger charge is -2.19. The van der Waals surface area contributed by atoms with Crippen LogP contribution >= 0.6 is 11.6 Å². The Morgan fingerprint density at radius 3 is 2.70 bits per heavy atom. The minimum absolute atomic E-state index is 0.139. The average Bonchev–Trinajstić information content (AvgIpc) is 2.98. The molecule has 6 nitrogen and oxygen atoms in total. The molecule has 0 saturated heterocycles. The van der Waals surface area contributed by atoms with Crippen LogP contribution in [-0.2, 0) is 11.3 Å². The average molecular weight is 387 g/mol. The zero-order valence-electron chi connectivity index (χ0n) is 15.9. The van der Waals surface area contributed by atoms with E-state index >= 15 is 0 Å². The second kappa shape index (κ2) is 7.98. The van der Waals surface area contributed by atoms with Crippen LogP contribution in [0.3, 0.4) is 0 Å². The van der Waals surface area contributed by atoms with E-state index in [0.717, 1.165) is 16.9 Å². The van der Waals surface area contributed by atoms with E-state index in [2.05, 4.69) is 5.32 Å². The summed E-state index contributed by atoms with van der Waals surface area (Å²) in [4.78, 5) is 19.6. The molecule has 1 atom stereocenters. The predicted octanol–water partition coefficient (Wildman–Crippen LogP) is 3.96. The number of nitrogens with one attached hydrogen (secondary N) is 1. The molecule has 0 spiro atoms. The zero-order chi connectivity index (χ0) is 19.6. The van der Waals surface area contributed by atoms with E-state index in [1.807, 2.05) is 54.8 Å². The Balaban J connectivity index is 1.91. The molecule has 142 valence electrons. The van der Waals surface area contributed by atoms with Crippen LogP contribution in [0.2, 0.25) is 5.02 Å². The highest BCUT2D eigenvalue weighted by Crippen LogP contribution is 2.28. The van der Waals surface area contributed by atoms with Crippen molar-refractivity contribution >= 4 is 34.2 Å². The number of aromatic nitrogens is 2. The van der Waals surface area contributed by atoms with Crippen LogP contribution in [0.25, 0.3) is 11.0 Å². The number of rotatable bonds is 6. The van der Waals surface area contributed by atoms with Crippen molar-refractivity contribution in [3.63, 3.8) is 0 Å². The van der Waals surface area contributed by atoms with Crippen molar-refractivity contribution in [2.24, 2.45) is 0 Å². The Kier molecular flexibility index (Phi) is 5.68. The molecule has 0 aliphatic rings. The topological polar surface area (TPSA) is 59.4 Å². The van der Waals surface area contributed by atoms with E-state index < -0.39 is 6.04 Å². The molecular formula is C20H23ClN4O2. The number of anilines is 1. The first-order valence-electron chi connectivity index (χ1n) is 8.65. The molecule has 3 aromatic rings. The van der Waals surface area contributed by atoms with Crippen molar-refractivity contribution < 1.29 is 9.53 Å². The molecule has 0 fully saturated rings. The first-order valence-corrected chi connectivity index (χ1v) is 9.03. The van der Waals surface area contributed by atoms with E-state index in [4.69, 9.17) is 21.3 Å². The first-order chi connectivity index (χ1) is 12.9. The SMILES string of the molecule is COc1ccc(NC(=O)C(C)n2c(CN(C)C)nc3ccccc32)cc1Cl. The van der Waals surface area contributed by atoms with E-state index in [1.165, 1.54) is 0 Å². The van der Waals surface area contributed by atoms with Crippen LogP contribution in [0.5, 0.6) is 5.75 Å². The summed E-state index contributed by atoms with van der Waals surface area (Å²) in [5.74, 6) is 1.27. The largest absolute Gasteiger partial charge is 0.495 e. The first kappa shape index (κ1) is 19.2. The molecule has 1 N–H and O–H groups in total. The van der Waals surface area contributed by atoms with E-state index in [-0.39, 0.29) is 5.91 Å². The van der Waals surface area contributed by atoms with Crippen molar-refractivity contribution in [2.45, 2.75) is 19.5 Å². The summed E-state index contributed by atoms with van der Waals surface area (Å²) in [7, 11) is 5.51. The smallest absolute Gasteiger partial charge is 0.247 e. The van der Waals surface area contributed by atoms with Crippen molar-refractivity contribution in [3.05, 3.63) is 53.3 Å². The number of hydrogen-bond donors (Lipinski definition) is 1. The third-order valence-corrected chi connectivity index (χ3v) is 4.61. The van der Waals surface area contributed by atoms with Gasteiger partial charge in [0.2, 0.25) is 5.91 Å². The monoisotopic (exact) mass is 386 g/mol. The highest BCUT2D eigenvalue weighted by atomic mass is 35.5. The lowest BCUT2D eigenvalue weighted by Crippen LogP contribution is -2.26. The molecular weight excluding hydrogens is 364 g/mol. The second-order valence-corrected chi connectivity index (χ2v) is 7.05. The van der Waals surface area contributed by atoms with E-state index in [1.54, 1.807) is 25.3 Å². The van der Waals surface area contributed by atoms with Gasteiger partial charge in [0.05, 0.1) is 29.7 Å². The molecule has 0 radical (unpaired) electrons. The Morgan fingerprint density at radius 1 is 1.30 bits per heavy atom. The van der Waals surface area contributed by atoms with Crippen LogP contribution < -0.4 is 10.1 Å². The van der Waals surface area contributed by atoms with Gasteiger partial charge in [-0.25, -0.2) is 4.98 Å². The number of amides is 1. The third kappa shape index (κ3) is 4.07. The van der Waals surface area contributed by atoms with Gasteiger partial charge in [-0.2, -0.15) is 0 Å². The third-order valence-electron chi connectivity index (χ3n) is 4.31. The van der Waals surface area contributed by atoms with Gasteiger partial charge in [-0.05, 0) is 51.4 Å². The van der Waals surface area contributed by atoms with Gasteiger partial charge >= 0.3 is 0 Å². The summed E-state index contributed by atoms with van der Waals surface area (Å²) in [6.45, 7) is 2.51. The van der Waals surface area contributed by atoms with Crippen LogP contribution in [0.15, 0.2) is 42.5 Å². The highest BCUT2D eigenvalue weighted by molar-refractivity contribution is 6.32. The molecule has 0 aliphatic carbocycles. The molecule has 1 unspecified atom stereocenters. The maximum Gasteiger partial charge on any atom is 0.247 e. The number of para-hydroxylation sites is 2. The van der Waals surface area contributed by atoms with Crippen molar-refractivity contribution in [2.75, 3.05) is 26.5 Å². The number of carbonyl (C=O) groups excluding carboxylic acids is 1. The molecule has 0 saturated carbocycles. The summed E-state index contributed by atoms with van der Waals surface area (Å²) in [6.07, 6.45) is 0. The number of nitrogens with zero attached hydrogens (tertiary/aromatic N) is 3. The van der Waals surface area contributed by atoms with Gasteiger partial charge in [0.15, 0.2) is 0 Å². The highest BCUT2D eigenvalue weighted by Gasteiger charge is 2.22. The molecule has 1 heterocycles. The molecule has 1 aromatic heterocycles. The van der Waals surface area contributed by atoms with Gasteiger partial charge in [-0.15, -0.1) is 0 Å². The Hall–Kier alpha value is -2.57. The maximum atomic E-state index is 12.9. The Bertz CT molecular complexity index is 968. The van der Waals surface area contributed by atoms with Gasteiger partial charge in [0.25, 0.3) is 0 Å². The summed E-state index contributed by atoms with van der Waals surface area (Å²) in [5.41, 5.74) is 2.43. The molecule has 0 bridgehead atoms. The molecule has 7 heteroatoms. The number of ether oxygens (including phenoxy) is 1. The number of fused-ring (bicyclic) bond motifs is 1. The van der Waals surface area contributed by atoms with Crippen LogP contribution in [-0.4, -0.2) is 41.6 Å². The molecule has 1 amide bonds. The zero-order valence-corrected chi connectivity index (χ0v) is 16.6. The Labute approximate surface area is 163 Å². The van der Waals surface area contributed by atoms with E-state index in [9.17, 15) is 4.79 Å². The molecule has 2 aromatic carbocycles. The number of methoxy groups -OCH3 is 1. The maximum absolute atomic E-state index is 12.9. The Morgan fingerprint density at radius 2 is 2.04 bits per heavy atom. The van der Waals surface area contributed by atoms with Crippen LogP contribution in [0.1, 0.15) is 18.8 Å². The lowest BCUT2D eigenvalue weighted by atomic mass is 10.2. The standard InChI is InChI=1S/C20H23ClN4O2/c1-13(20(26)22-14-9-10-18(27-4)15(21)11-14)25-17-8-6-5-7-16(17)23-19(25)12-24(2)3/h5-11,13H,12H2,1-4H3,(H,22,26). The summed E-state index contributed by atoms with van der Waals surface area (Å²) in [5, 5.41) is 3.37. The fourth-order valence-corrected chi connectivity index (χ4v) is 3.29. The summed E-state index contributed by atoms with van der Waals surface area (Å²) >= 11 is 6.16. The number of imidazole rings is 1. The van der Waals surface area contributed by atoms with Gasteiger partial charge in [0, 0.05) is 5.69 Å². The number of carbonyl (C=O) groups is 1.